The van der Waals surface area contributed by atoms with Crippen LogP contribution in [0.2, 0.25) is 5.02 Å². The van der Waals surface area contributed by atoms with E-state index in [0.29, 0.717) is 22.9 Å². The van der Waals surface area contributed by atoms with Crippen molar-refractivity contribution in [2.75, 3.05) is 6.61 Å². The van der Waals surface area contributed by atoms with Crippen LogP contribution >= 0.6 is 18.1 Å². The standard InChI is InChI=1S/C15H13ClNO2PS/c1-2-18-20(21,14-6-4-3-5-7-14)19-13-9-8-12(11-17)15(16)10-13/h3-10H,2H2,1H3. The number of rotatable bonds is 5. The Hall–Kier alpha value is -1.37. The van der Waals surface area contributed by atoms with Gasteiger partial charge in [0.2, 0.25) is 0 Å². The Morgan fingerprint density at radius 2 is 1.95 bits per heavy atom. The van der Waals surface area contributed by atoms with Gasteiger partial charge in [-0.15, -0.1) is 0 Å². The molecule has 0 heterocycles. The van der Waals surface area contributed by atoms with E-state index >= 15 is 0 Å². The minimum absolute atomic E-state index is 0.334. The number of hydrogen-bond acceptors (Lipinski definition) is 4. The summed E-state index contributed by atoms with van der Waals surface area (Å²) in [7, 11) is 0. The zero-order valence-corrected chi connectivity index (χ0v) is 13.8. The lowest BCUT2D eigenvalue weighted by molar-refractivity contribution is 0.339. The molecule has 2 aromatic rings. The second-order valence-corrected chi connectivity index (χ2v) is 7.90. The molecular weight excluding hydrogens is 325 g/mol. The van der Waals surface area contributed by atoms with Gasteiger partial charge in [-0.25, -0.2) is 0 Å². The Balaban J connectivity index is 2.35. The summed E-state index contributed by atoms with van der Waals surface area (Å²) in [5.74, 6) is 0.500. The fourth-order valence-electron chi connectivity index (χ4n) is 1.72. The summed E-state index contributed by atoms with van der Waals surface area (Å²) >= 11 is 11.6. The quantitative estimate of drug-likeness (QED) is 0.764. The largest absolute Gasteiger partial charge is 0.440 e. The summed E-state index contributed by atoms with van der Waals surface area (Å²) in [5.41, 5.74) is 0.397. The predicted octanol–water partition coefficient (Wildman–Crippen LogP) is 4.26. The molecule has 0 amide bonds. The third-order valence-electron chi connectivity index (χ3n) is 2.66. The Kier molecular flexibility index (Phi) is 5.39. The van der Waals surface area contributed by atoms with Gasteiger partial charge in [0.25, 0.3) is 6.49 Å². The zero-order chi connectivity index (χ0) is 15.3. The van der Waals surface area contributed by atoms with Crippen LogP contribution in [0.3, 0.4) is 0 Å². The van der Waals surface area contributed by atoms with Crippen molar-refractivity contribution in [3.05, 3.63) is 59.1 Å². The van der Waals surface area contributed by atoms with Crippen molar-refractivity contribution in [1.29, 1.82) is 5.26 Å². The molecule has 0 N–H and O–H groups in total. The van der Waals surface area contributed by atoms with Crippen LogP contribution in [0, 0.1) is 11.3 Å². The Morgan fingerprint density at radius 3 is 2.52 bits per heavy atom. The fourth-order valence-corrected chi connectivity index (χ4v) is 4.44. The minimum atomic E-state index is -2.65. The zero-order valence-electron chi connectivity index (χ0n) is 11.3. The third-order valence-corrected chi connectivity index (χ3v) is 6.12. The summed E-state index contributed by atoms with van der Waals surface area (Å²) in [6.07, 6.45) is 0. The van der Waals surface area contributed by atoms with Crippen LogP contribution in [0.5, 0.6) is 5.75 Å². The molecule has 1 atom stereocenters. The van der Waals surface area contributed by atoms with Gasteiger partial charge in [-0.05, 0) is 43.0 Å². The van der Waals surface area contributed by atoms with E-state index in [1.54, 1.807) is 18.2 Å². The second-order valence-electron chi connectivity index (χ2n) is 4.10. The highest BCUT2D eigenvalue weighted by Gasteiger charge is 2.23. The highest BCUT2D eigenvalue weighted by Crippen LogP contribution is 2.47. The normalized spacial score (nSPS) is 13.2. The van der Waals surface area contributed by atoms with Crippen molar-refractivity contribution < 1.29 is 9.05 Å². The highest BCUT2D eigenvalue weighted by atomic mass is 35.5. The predicted molar refractivity (Wildman–Crippen MR) is 88.8 cm³/mol. The SMILES string of the molecule is CCOP(=S)(Oc1ccc(C#N)c(Cl)c1)c1ccccc1. The van der Waals surface area contributed by atoms with Gasteiger partial charge >= 0.3 is 0 Å². The maximum Gasteiger partial charge on any atom is 0.269 e. The van der Waals surface area contributed by atoms with E-state index in [1.165, 1.54) is 0 Å². The van der Waals surface area contributed by atoms with E-state index in [-0.39, 0.29) is 0 Å². The van der Waals surface area contributed by atoms with Gasteiger partial charge in [0, 0.05) is 11.4 Å². The molecule has 0 aliphatic rings. The van der Waals surface area contributed by atoms with Crippen LogP contribution < -0.4 is 9.83 Å². The summed E-state index contributed by atoms with van der Waals surface area (Å²) < 4.78 is 11.6. The van der Waals surface area contributed by atoms with Crippen LogP contribution in [0.4, 0.5) is 0 Å². The van der Waals surface area contributed by atoms with Gasteiger partial charge < -0.3 is 9.05 Å². The molecule has 0 bridgehead atoms. The monoisotopic (exact) mass is 337 g/mol. The molecule has 0 radical (unpaired) electrons. The van der Waals surface area contributed by atoms with Crippen molar-refractivity contribution >= 4 is 35.2 Å². The number of halogens is 1. The molecule has 2 rings (SSSR count). The molecule has 6 heteroatoms. The molecule has 0 aliphatic carbocycles. The summed E-state index contributed by atoms with van der Waals surface area (Å²) in [4.78, 5) is 0. The van der Waals surface area contributed by atoms with E-state index in [9.17, 15) is 0 Å². The average Bonchev–Trinajstić information content (AvgIpc) is 2.48. The topological polar surface area (TPSA) is 42.2 Å². The Bertz CT molecular complexity index is 715. The van der Waals surface area contributed by atoms with Crippen molar-refractivity contribution in [3.63, 3.8) is 0 Å². The van der Waals surface area contributed by atoms with E-state index in [0.717, 1.165) is 5.30 Å². The third kappa shape index (κ3) is 3.84. The molecule has 1 unspecified atom stereocenters. The van der Waals surface area contributed by atoms with Crippen LogP contribution in [0.15, 0.2) is 48.5 Å². The van der Waals surface area contributed by atoms with E-state index in [2.05, 4.69) is 0 Å². The van der Waals surface area contributed by atoms with Crippen molar-refractivity contribution in [1.82, 2.24) is 0 Å². The summed E-state index contributed by atoms with van der Waals surface area (Å²) in [6, 6.07) is 16.4. The first-order chi connectivity index (χ1) is 10.1. The van der Waals surface area contributed by atoms with E-state index in [4.69, 9.17) is 37.7 Å². The first-order valence-electron chi connectivity index (χ1n) is 6.28. The van der Waals surface area contributed by atoms with Gasteiger partial charge in [-0.2, -0.15) is 5.26 Å². The molecule has 0 spiro atoms. The molecular formula is C15H13ClNO2PS. The molecule has 108 valence electrons. The highest BCUT2D eigenvalue weighted by molar-refractivity contribution is 8.13. The van der Waals surface area contributed by atoms with Crippen molar-refractivity contribution in [3.8, 4) is 11.8 Å². The van der Waals surface area contributed by atoms with Crippen LogP contribution in [0.25, 0.3) is 0 Å². The molecule has 0 saturated heterocycles. The average molecular weight is 338 g/mol. The van der Waals surface area contributed by atoms with Gasteiger partial charge in [-0.1, -0.05) is 29.8 Å². The minimum Gasteiger partial charge on any atom is -0.440 e. The molecule has 0 aromatic heterocycles. The van der Waals surface area contributed by atoms with Crippen LogP contribution in [-0.4, -0.2) is 6.61 Å². The van der Waals surface area contributed by atoms with Gasteiger partial charge in [0.15, 0.2) is 0 Å². The lowest BCUT2D eigenvalue weighted by Crippen LogP contribution is -2.12. The number of hydrogen-bond donors (Lipinski definition) is 0. The molecule has 0 saturated carbocycles. The second kappa shape index (κ2) is 7.06. The maximum absolute atomic E-state index is 8.89. The summed E-state index contributed by atoms with van der Waals surface area (Å²) in [5, 5.41) is 10.1. The molecule has 21 heavy (non-hydrogen) atoms. The fraction of sp³-hybridized carbons (Fsp3) is 0.133. The van der Waals surface area contributed by atoms with Gasteiger partial charge in [0.05, 0.1) is 17.2 Å². The number of nitriles is 1. The lowest BCUT2D eigenvalue weighted by atomic mass is 10.2. The van der Waals surface area contributed by atoms with E-state index < -0.39 is 6.49 Å². The maximum atomic E-state index is 8.89. The number of nitrogens with zero attached hydrogens (tertiary/aromatic N) is 1. The first kappa shape index (κ1) is 16.0. The van der Waals surface area contributed by atoms with Crippen LogP contribution in [-0.2, 0) is 16.3 Å². The smallest absolute Gasteiger partial charge is 0.269 e. The first-order valence-corrected chi connectivity index (χ1v) is 9.30. The van der Waals surface area contributed by atoms with Crippen molar-refractivity contribution in [2.45, 2.75) is 6.92 Å². The van der Waals surface area contributed by atoms with Gasteiger partial charge in [0.1, 0.15) is 11.8 Å². The number of benzene rings is 2. The van der Waals surface area contributed by atoms with Crippen molar-refractivity contribution in [2.24, 2.45) is 0 Å². The molecule has 3 nitrogen and oxygen atoms in total. The summed E-state index contributed by atoms with van der Waals surface area (Å²) in [6.45, 7) is -0.317. The molecule has 0 aliphatic heterocycles. The molecule has 0 fully saturated rings. The van der Waals surface area contributed by atoms with E-state index in [1.807, 2.05) is 43.3 Å². The van der Waals surface area contributed by atoms with Gasteiger partial charge in [-0.3, -0.25) is 0 Å². The van der Waals surface area contributed by atoms with Crippen LogP contribution in [0.1, 0.15) is 12.5 Å². The Morgan fingerprint density at radius 1 is 1.24 bits per heavy atom. The molecule has 2 aromatic carbocycles. The Labute approximate surface area is 134 Å². The lowest BCUT2D eigenvalue weighted by Gasteiger charge is -2.23.